The van der Waals surface area contributed by atoms with Crippen LogP contribution >= 0.6 is 0 Å². The molecule has 1 heterocycles. The Labute approximate surface area is 200 Å². The van der Waals surface area contributed by atoms with Crippen molar-refractivity contribution in [3.8, 4) is 23.0 Å². The van der Waals surface area contributed by atoms with E-state index < -0.39 is 0 Å². The minimum atomic E-state index is -0.304. The quantitative estimate of drug-likeness (QED) is 0.447. The van der Waals surface area contributed by atoms with Crippen LogP contribution in [0.3, 0.4) is 0 Å². The molecular weight excluding hydrogens is 430 g/mol. The molecule has 0 radical (unpaired) electrons. The molecule has 6 heteroatoms. The Morgan fingerprint density at radius 3 is 2.24 bits per heavy atom. The molecule has 1 aliphatic heterocycles. The van der Waals surface area contributed by atoms with Crippen molar-refractivity contribution in [3.63, 3.8) is 0 Å². The lowest BCUT2D eigenvalue weighted by molar-refractivity contribution is -0.129. The molecule has 6 nitrogen and oxygen atoms in total. The first-order valence-electron chi connectivity index (χ1n) is 11.2. The Morgan fingerprint density at radius 2 is 1.53 bits per heavy atom. The molecule has 3 aromatic rings. The molecule has 1 aliphatic rings. The maximum atomic E-state index is 13.3. The Kier molecular flexibility index (Phi) is 7.38. The second-order valence-electron chi connectivity index (χ2n) is 7.91. The Balaban J connectivity index is 1.66. The van der Waals surface area contributed by atoms with Crippen LogP contribution in [0.4, 0.5) is 0 Å². The van der Waals surface area contributed by atoms with E-state index in [1.165, 1.54) is 0 Å². The molecule has 0 saturated carbocycles. The van der Waals surface area contributed by atoms with E-state index in [-0.39, 0.29) is 18.6 Å². The van der Waals surface area contributed by atoms with Gasteiger partial charge in [0.25, 0.3) is 0 Å². The molecule has 1 unspecified atom stereocenters. The number of methoxy groups -OCH3 is 3. The molecule has 1 atom stereocenters. The van der Waals surface area contributed by atoms with E-state index in [9.17, 15) is 4.79 Å². The first-order chi connectivity index (χ1) is 16.6. The predicted molar refractivity (Wildman–Crippen MR) is 132 cm³/mol. The number of amides is 1. The Hall–Kier alpha value is -3.93. The number of para-hydroxylation sites is 2. The van der Waals surface area contributed by atoms with Gasteiger partial charge in [-0.25, -0.2) is 0 Å². The topological polar surface area (TPSA) is 57.2 Å². The van der Waals surface area contributed by atoms with Crippen molar-refractivity contribution in [1.82, 2.24) is 4.90 Å². The van der Waals surface area contributed by atoms with Gasteiger partial charge in [-0.3, -0.25) is 4.79 Å². The lowest BCUT2D eigenvalue weighted by Crippen LogP contribution is -2.41. The molecule has 3 aromatic carbocycles. The fourth-order valence-corrected chi connectivity index (χ4v) is 4.21. The summed E-state index contributed by atoms with van der Waals surface area (Å²) in [5.41, 5.74) is 3.07. The zero-order chi connectivity index (χ0) is 23.9. The van der Waals surface area contributed by atoms with Gasteiger partial charge in [-0.05, 0) is 53.5 Å². The molecule has 0 saturated heterocycles. The van der Waals surface area contributed by atoms with Crippen molar-refractivity contribution >= 4 is 12.0 Å². The van der Waals surface area contributed by atoms with E-state index >= 15 is 0 Å². The number of carbonyl (C=O) groups is 1. The monoisotopic (exact) mass is 459 g/mol. The van der Waals surface area contributed by atoms with Crippen molar-refractivity contribution in [1.29, 1.82) is 0 Å². The van der Waals surface area contributed by atoms with Gasteiger partial charge in [-0.2, -0.15) is 0 Å². The third kappa shape index (κ3) is 5.01. The van der Waals surface area contributed by atoms with Crippen LogP contribution in [0.2, 0.25) is 0 Å². The number of hydrogen-bond donors (Lipinski definition) is 0. The van der Waals surface area contributed by atoms with E-state index in [0.29, 0.717) is 36.0 Å². The summed E-state index contributed by atoms with van der Waals surface area (Å²) >= 11 is 0. The Bertz CT molecular complexity index is 1160. The number of nitrogens with zero attached hydrogens (tertiary/aromatic N) is 1. The number of hydrogen-bond acceptors (Lipinski definition) is 5. The van der Waals surface area contributed by atoms with Gasteiger partial charge in [0.1, 0.15) is 6.61 Å². The highest BCUT2D eigenvalue weighted by atomic mass is 16.5. The van der Waals surface area contributed by atoms with Crippen LogP contribution in [0.15, 0.2) is 72.8 Å². The van der Waals surface area contributed by atoms with Crippen molar-refractivity contribution in [2.75, 3.05) is 34.5 Å². The van der Waals surface area contributed by atoms with Crippen LogP contribution in [0.1, 0.15) is 22.7 Å². The standard InChI is InChI=1S/C28H29NO5/c1-31-24-11-7-8-12-25(24)34-19-23-22-18-27(33-3)26(32-2)17-21(22)15-16-29(23)28(30)14-13-20-9-5-4-6-10-20/h4-14,17-18,23H,15-16,19H2,1-3H3. The van der Waals surface area contributed by atoms with Crippen molar-refractivity contribution in [2.45, 2.75) is 12.5 Å². The van der Waals surface area contributed by atoms with Crippen molar-refractivity contribution in [2.24, 2.45) is 0 Å². The van der Waals surface area contributed by atoms with Gasteiger partial charge in [0, 0.05) is 12.6 Å². The van der Waals surface area contributed by atoms with E-state index in [4.69, 9.17) is 18.9 Å². The summed E-state index contributed by atoms with van der Waals surface area (Å²) in [4.78, 5) is 15.2. The minimum absolute atomic E-state index is 0.0714. The summed E-state index contributed by atoms with van der Waals surface area (Å²) in [6.07, 6.45) is 4.17. The van der Waals surface area contributed by atoms with E-state index in [0.717, 1.165) is 16.7 Å². The predicted octanol–water partition coefficient (Wildman–Crippen LogP) is 4.93. The van der Waals surface area contributed by atoms with Crippen LogP contribution in [-0.2, 0) is 11.2 Å². The molecule has 0 spiro atoms. The van der Waals surface area contributed by atoms with Gasteiger partial charge in [-0.1, -0.05) is 42.5 Å². The average molecular weight is 460 g/mol. The van der Waals surface area contributed by atoms with Crippen LogP contribution in [0.25, 0.3) is 6.08 Å². The Morgan fingerprint density at radius 1 is 0.882 bits per heavy atom. The fourth-order valence-electron chi connectivity index (χ4n) is 4.21. The van der Waals surface area contributed by atoms with Gasteiger partial charge < -0.3 is 23.8 Å². The van der Waals surface area contributed by atoms with Gasteiger partial charge in [0.15, 0.2) is 23.0 Å². The molecule has 0 aliphatic carbocycles. The maximum absolute atomic E-state index is 13.3. The van der Waals surface area contributed by atoms with E-state index in [1.807, 2.05) is 77.7 Å². The normalized spacial score (nSPS) is 15.0. The minimum Gasteiger partial charge on any atom is -0.493 e. The summed E-state index contributed by atoms with van der Waals surface area (Å²) in [5, 5.41) is 0. The van der Waals surface area contributed by atoms with E-state index in [1.54, 1.807) is 27.4 Å². The molecule has 4 rings (SSSR count). The highest BCUT2D eigenvalue weighted by Gasteiger charge is 2.32. The number of benzene rings is 3. The van der Waals surface area contributed by atoms with Crippen LogP contribution in [0, 0.1) is 0 Å². The molecule has 0 N–H and O–H groups in total. The SMILES string of the molecule is COc1cc2c(cc1OC)C(COc1ccccc1OC)N(C(=O)C=Cc1ccccc1)CC2. The zero-order valence-electron chi connectivity index (χ0n) is 19.7. The zero-order valence-corrected chi connectivity index (χ0v) is 19.7. The van der Waals surface area contributed by atoms with Crippen LogP contribution in [0.5, 0.6) is 23.0 Å². The smallest absolute Gasteiger partial charge is 0.247 e. The lowest BCUT2D eigenvalue weighted by Gasteiger charge is -2.37. The van der Waals surface area contributed by atoms with Crippen LogP contribution < -0.4 is 18.9 Å². The third-order valence-electron chi connectivity index (χ3n) is 5.97. The highest BCUT2D eigenvalue weighted by Crippen LogP contribution is 2.39. The molecule has 0 fully saturated rings. The maximum Gasteiger partial charge on any atom is 0.247 e. The molecular formula is C28H29NO5. The second kappa shape index (κ2) is 10.8. The van der Waals surface area contributed by atoms with E-state index in [2.05, 4.69) is 0 Å². The first-order valence-corrected chi connectivity index (χ1v) is 11.2. The summed E-state index contributed by atoms with van der Waals surface area (Å²) in [6, 6.07) is 20.9. The number of fused-ring (bicyclic) bond motifs is 1. The summed E-state index contributed by atoms with van der Waals surface area (Å²) < 4.78 is 22.7. The number of carbonyl (C=O) groups excluding carboxylic acids is 1. The summed E-state index contributed by atoms with van der Waals surface area (Å²) in [6.45, 7) is 0.841. The van der Waals surface area contributed by atoms with Gasteiger partial charge in [0.05, 0.1) is 27.4 Å². The molecule has 34 heavy (non-hydrogen) atoms. The largest absolute Gasteiger partial charge is 0.493 e. The van der Waals surface area contributed by atoms with Crippen molar-refractivity contribution in [3.05, 3.63) is 89.5 Å². The summed E-state index contributed by atoms with van der Waals surface area (Å²) in [7, 11) is 4.85. The second-order valence-corrected chi connectivity index (χ2v) is 7.91. The van der Waals surface area contributed by atoms with Crippen molar-refractivity contribution < 1.29 is 23.7 Å². The average Bonchev–Trinajstić information content (AvgIpc) is 2.90. The van der Waals surface area contributed by atoms with Gasteiger partial charge >= 0.3 is 0 Å². The fraction of sp³-hybridized carbons (Fsp3) is 0.250. The highest BCUT2D eigenvalue weighted by molar-refractivity contribution is 5.92. The molecule has 0 bridgehead atoms. The van der Waals surface area contributed by atoms with Crippen LogP contribution in [-0.4, -0.2) is 45.3 Å². The summed E-state index contributed by atoms with van der Waals surface area (Å²) in [5.74, 6) is 2.50. The lowest BCUT2D eigenvalue weighted by atomic mass is 9.92. The van der Waals surface area contributed by atoms with Gasteiger partial charge in [0.2, 0.25) is 5.91 Å². The molecule has 0 aromatic heterocycles. The molecule has 1 amide bonds. The molecule has 176 valence electrons. The van der Waals surface area contributed by atoms with Gasteiger partial charge in [-0.15, -0.1) is 0 Å². The number of rotatable bonds is 8. The third-order valence-corrected chi connectivity index (χ3v) is 5.97. The number of ether oxygens (including phenoxy) is 4. The first kappa shape index (κ1) is 23.2.